The van der Waals surface area contributed by atoms with Crippen molar-refractivity contribution in [1.29, 1.82) is 0 Å². The summed E-state index contributed by atoms with van der Waals surface area (Å²) >= 11 is 0. The zero-order chi connectivity index (χ0) is 25.0. The van der Waals surface area contributed by atoms with Crippen molar-refractivity contribution >= 4 is 0 Å². The van der Waals surface area contributed by atoms with E-state index < -0.39 is 0 Å². The van der Waals surface area contributed by atoms with Crippen molar-refractivity contribution in [2.24, 2.45) is 29.6 Å². The summed E-state index contributed by atoms with van der Waals surface area (Å²) in [5.74, 6) is 7.58. The molecule has 0 saturated heterocycles. The maximum absolute atomic E-state index is 5.84. The Hall–Kier alpha value is -1.12. The molecule has 3 aliphatic rings. The highest BCUT2D eigenvalue weighted by atomic mass is 16.5. The molecule has 0 bridgehead atoms. The van der Waals surface area contributed by atoms with Gasteiger partial charge in [-0.3, -0.25) is 0 Å². The van der Waals surface area contributed by atoms with Crippen LogP contribution < -0.4 is 4.74 Å². The van der Waals surface area contributed by atoms with Crippen LogP contribution in [0.4, 0.5) is 0 Å². The van der Waals surface area contributed by atoms with E-state index in [1.165, 1.54) is 109 Å². The zero-order valence-electron chi connectivity index (χ0n) is 23.8. The van der Waals surface area contributed by atoms with Gasteiger partial charge in [-0.2, -0.15) is 0 Å². The van der Waals surface area contributed by atoms with Gasteiger partial charge < -0.3 is 4.74 Å². The third kappa shape index (κ3) is 8.45. The van der Waals surface area contributed by atoms with Crippen LogP contribution in [-0.4, -0.2) is 16.6 Å². The van der Waals surface area contributed by atoms with Crippen molar-refractivity contribution in [3.63, 3.8) is 0 Å². The van der Waals surface area contributed by atoms with Crippen molar-refractivity contribution in [3.8, 4) is 5.75 Å². The van der Waals surface area contributed by atoms with E-state index in [1.54, 1.807) is 12.8 Å². The van der Waals surface area contributed by atoms with Crippen LogP contribution in [0.1, 0.15) is 154 Å². The molecule has 3 heteroatoms. The standard InChI is InChI=1S/C33H56N2O/c1-3-5-7-9-23-36-32-24-34-33(35-25-32)31-21-19-30(20-22-31)29-17-15-28(16-18-29)27-13-11-26(12-14-27)10-8-6-4-2/h24-31H,3-23H2,1-2H3/t26-,27-,28-,29-,30-,31-. The second-order valence-electron chi connectivity index (χ2n) is 12.7. The lowest BCUT2D eigenvalue weighted by Gasteiger charge is -2.41. The van der Waals surface area contributed by atoms with E-state index in [9.17, 15) is 0 Å². The number of nitrogens with zero attached hydrogens (tertiary/aromatic N) is 2. The normalized spacial score (nSPS) is 31.3. The van der Waals surface area contributed by atoms with Gasteiger partial charge >= 0.3 is 0 Å². The van der Waals surface area contributed by atoms with E-state index in [2.05, 4.69) is 13.8 Å². The average Bonchev–Trinajstić information content (AvgIpc) is 2.94. The molecule has 3 fully saturated rings. The lowest BCUT2D eigenvalue weighted by Crippen LogP contribution is -2.29. The number of hydrogen-bond acceptors (Lipinski definition) is 3. The molecule has 36 heavy (non-hydrogen) atoms. The van der Waals surface area contributed by atoms with Gasteiger partial charge in [0.25, 0.3) is 0 Å². The molecular weight excluding hydrogens is 440 g/mol. The Balaban J connectivity index is 1.11. The molecular formula is C33H56N2O. The van der Waals surface area contributed by atoms with Crippen LogP contribution in [0.25, 0.3) is 0 Å². The second kappa shape index (κ2) is 15.3. The van der Waals surface area contributed by atoms with Gasteiger partial charge in [0.15, 0.2) is 5.75 Å². The van der Waals surface area contributed by atoms with E-state index in [0.717, 1.165) is 54.2 Å². The summed E-state index contributed by atoms with van der Waals surface area (Å²) in [5, 5.41) is 0. The van der Waals surface area contributed by atoms with Crippen LogP contribution >= 0.6 is 0 Å². The molecule has 0 spiro atoms. The first-order chi connectivity index (χ1) is 17.8. The Morgan fingerprint density at radius 2 is 1.11 bits per heavy atom. The van der Waals surface area contributed by atoms with E-state index in [-0.39, 0.29) is 0 Å². The first-order valence-corrected chi connectivity index (χ1v) is 16.2. The molecule has 3 saturated carbocycles. The second-order valence-corrected chi connectivity index (χ2v) is 12.7. The van der Waals surface area contributed by atoms with Crippen molar-refractivity contribution in [2.45, 2.75) is 148 Å². The van der Waals surface area contributed by atoms with E-state index in [1.807, 2.05) is 12.4 Å². The van der Waals surface area contributed by atoms with Gasteiger partial charge in [-0.1, -0.05) is 71.6 Å². The summed E-state index contributed by atoms with van der Waals surface area (Å²) < 4.78 is 5.84. The molecule has 204 valence electrons. The Morgan fingerprint density at radius 3 is 1.67 bits per heavy atom. The molecule has 0 N–H and O–H groups in total. The molecule has 1 aromatic heterocycles. The molecule has 3 aliphatic carbocycles. The fraction of sp³-hybridized carbons (Fsp3) is 0.879. The fourth-order valence-corrected chi connectivity index (χ4v) is 7.90. The molecule has 0 amide bonds. The number of ether oxygens (including phenoxy) is 1. The summed E-state index contributed by atoms with van der Waals surface area (Å²) in [5.41, 5.74) is 0. The summed E-state index contributed by atoms with van der Waals surface area (Å²) in [7, 11) is 0. The van der Waals surface area contributed by atoms with Gasteiger partial charge in [0.1, 0.15) is 5.82 Å². The van der Waals surface area contributed by atoms with Crippen LogP contribution in [0.15, 0.2) is 12.4 Å². The van der Waals surface area contributed by atoms with E-state index in [4.69, 9.17) is 14.7 Å². The Labute approximate surface area is 223 Å². The van der Waals surface area contributed by atoms with Gasteiger partial charge in [-0.25, -0.2) is 9.97 Å². The molecule has 3 nitrogen and oxygen atoms in total. The molecule has 4 rings (SSSR count). The quantitative estimate of drug-likeness (QED) is 0.255. The van der Waals surface area contributed by atoms with Gasteiger partial charge in [0.2, 0.25) is 0 Å². The predicted molar refractivity (Wildman–Crippen MR) is 151 cm³/mol. The van der Waals surface area contributed by atoms with Crippen LogP contribution in [-0.2, 0) is 0 Å². The predicted octanol–water partition coefficient (Wildman–Crippen LogP) is 9.90. The van der Waals surface area contributed by atoms with E-state index in [0.29, 0.717) is 5.92 Å². The van der Waals surface area contributed by atoms with E-state index >= 15 is 0 Å². The third-order valence-electron chi connectivity index (χ3n) is 10.3. The highest BCUT2D eigenvalue weighted by Gasteiger charge is 2.35. The maximum atomic E-state index is 5.84. The molecule has 0 aliphatic heterocycles. The first kappa shape index (κ1) is 27.9. The highest BCUT2D eigenvalue weighted by molar-refractivity contribution is 5.14. The topological polar surface area (TPSA) is 35.0 Å². The van der Waals surface area contributed by atoms with Gasteiger partial charge in [-0.05, 0) is 100 Å². The first-order valence-electron chi connectivity index (χ1n) is 16.2. The van der Waals surface area contributed by atoms with Gasteiger partial charge in [0.05, 0.1) is 19.0 Å². The molecule has 0 unspecified atom stereocenters. The smallest absolute Gasteiger partial charge is 0.155 e. The summed E-state index contributed by atoms with van der Waals surface area (Å²) in [6.07, 6.45) is 32.1. The SMILES string of the molecule is CCCCCCOc1cnc([C@H]2CC[C@H]([C@H]3CC[C@H]([C@H]4CC[C@H](CCCCC)CC4)CC3)CC2)nc1. The number of unbranched alkanes of at least 4 members (excludes halogenated alkanes) is 5. The summed E-state index contributed by atoms with van der Waals surface area (Å²) in [4.78, 5) is 9.41. The largest absolute Gasteiger partial charge is 0.490 e. The summed E-state index contributed by atoms with van der Waals surface area (Å²) in [6, 6.07) is 0. The van der Waals surface area contributed by atoms with Crippen LogP contribution in [0.2, 0.25) is 0 Å². The minimum Gasteiger partial charge on any atom is -0.490 e. The summed E-state index contributed by atoms with van der Waals surface area (Å²) in [6.45, 7) is 5.36. The van der Waals surface area contributed by atoms with Crippen LogP contribution in [0, 0.1) is 29.6 Å². The number of rotatable bonds is 13. The number of aromatic nitrogens is 2. The highest BCUT2D eigenvalue weighted by Crippen LogP contribution is 2.47. The number of hydrogen-bond donors (Lipinski definition) is 0. The van der Waals surface area contributed by atoms with Crippen molar-refractivity contribution in [2.75, 3.05) is 6.61 Å². The Morgan fingerprint density at radius 1 is 0.611 bits per heavy atom. The average molecular weight is 497 g/mol. The lowest BCUT2D eigenvalue weighted by molar-refractivity contribution is 0.108. The molecule has 0 aromatic carbocycles. The van der Waals surface area contributed by atoms with Crippen LogP contribution in [0.5, 0.6) is 5.75 Å². The monoisotopic (exact) mass is 496 g/mol. The van der Waals surface area contributed by atoms with Crippen LogP contribution in [0.3, 0.4) is 0 Å². The van der Waals surface area contributed by atoms with Crippen molar-refractivity contribution in [3.05, 3.63) is 18.2 Å². The Kier molecular flexibility index (Phi) is 11.9. The van der Waals surface area contributed by atoms with Crippen molar-refractivity contribution < 1.29 is 4.74 Å². The Bertz CT molecular complexity index is 695. The minimum atomic E-state index is 0.559. The molecule has 0 atom stereocenters. The van der Waals surface area contributed by atoms with Gasteiger partial charge in [-0.15, -0.1) is 0 Å². The van der Waals surface area contributed by atoms with Crippen molar-refractivity contribution in [1.82, 2.24) is 9.97 Å². The van der Waals surface area contributed by atoms with Gasteiger partial charge in [0, 0.05) is 5.92 Å². The molecule has 1 heterocycles. The fourth-order valence-electron chi connectivity index (χ4n) is 7.90. The minimum absolute atomic E-state index is 0.559. The maximum Gasteiger partial charge on any atom is 0.155 e. The zero-order valence-corrected chi connectivity index (χ0v) is 23.8. The molecule has 0 radical (unpaired) electrons. The molecule has 1 aromatic rings. The third-order valence-corrected chi connectivity index (χ3v) is 10.3. The lowest BCUT2D eigenvalue weighted by atomic mass is 9.65.